The Morgan fingerprint density at radius 2 is 1.79 bits per heavy atom. The molecule has 1 aliphatic heterocycles. The first kappa shape index (κ1) is 19.6. The summed E-state index contributed by atoms with van der Waals surface area (Å²) in [4.78, 5) is 35.9. The maximum atomic E-state index is 11.3. The molecule has 0 radical (unpaired) electrons. The van der Waals surface area contributed by atoms with Crippen LogP contribution in [0.15, 0.2) is 5.11 Å². The summed E-state index contributed by atoms with van der Waals surface area (Å²) >= 11 is 0. The van der Waals surface area contributed by atoms with E-state index in [-0.39, 0.29) is 0 Å². The van der Waals surface area contributed by atoms with Crippen molar-refractivity contribution in [2.75, 3.05) is 6.61 Å². The minimum Gasteiger partial charge on any atom is -0.463 e. The topological polar surface area (TPSA) is 177 Å². The molecule has 134 valence electrons. The van der Waals surface area contributed by atoms with Crippen molar-refractivity contribution in [1.29, 1.82) is 0 Å². The number of rotatable bonds is 5. The van der Waals surface area contributed by atoms with Crippen LogP contribution in [0.5, 0.6) is 0 Å². The predicted molar refractivity (Wildman–Crippen MR) is 72.7 cm³/mol. The van der Waals surface area contributed by atoms with Gasteiger partial charge >= 0.3 is 17.9 Å². The van der Waals surface area contributed by atoms with Crippen LogP contribution in [0.25, 0.3) is 10.4 Å². The van der Waals surface area contributed by atoms with Gasteiger partial charge in [0.15, 0.2) is 18.5 Å². The summed E-state index contributed by atoms with van der Waals surface area (Å²) in [6.07, 6.45) is -6.72. The number of ether oxygens (including phenoxy) is 4. The fourth-order valence-electron chi connectivity index (χ4n) is 2.09. The molecule has 12 nitrogen and oxygen atoms in total. The van der Waals surface area contributed by atoms with Crippen LogP contribution in [0.1, 0.15) is 20.8 Å². The Hall–Kier alpha value is -2.40. The normalized spacial score (nSPS) is 32.2. The van der Waals surface area contributed by atoms with E-state index in [4.69, 9.17) is 24.5 Å². The molecular formula is C12H17N3O9. The second-order valence-electron chi connectivity index (χ2n) is 4.91. The van der Waals surface area contributed by atoms with Gasteiger partial charge < -0.3 is 29.2 Å². The SMILES string of the molecule is CC(=O)OC[C@H]1OC(O)[C@@](O)(N=[N+]=[N-])[C@@H](OC(C)=O)[C@@H]1OC(C)=O. The van der Waals surface area contributed by atoms with E-state index in [1.165, 1.54) is 0 Å². The van der Waals surface area contributed by atoms with Crippen LogP contribution in [-0.2, 0) is 33.3 Å². The van der Waals surface area contributed by atoms with Gasteiger partial charge in [-0.15, -0.1) is 0 Å². The van der Waals surface area contributed by atoms with E-state index in [0.717, 1.165) is 20.8 Å². The number of nitrogens with zero attached hydrogens (tertiary/aromatic N) is 3. The van der Waals surface area contributed by atoms with Gasteiger partial charge in [0.05, 0.1) is 0 Å². The van der Waals surface area contributed by atoms with Gasteiger partial charge in [0.25, 0.3) is 0 Å². The van der Waals surface area contributed by atoms with Crippen LogP contribution in [0.4, 0.5) is 0 Å². The minimum absolute atomic E-state index is 0.478. The standard InChI is InChI=1S/C12H17N3O9/c1-5(16)21-4-8-9(22-6(2)17)10(23-7(3)18)12(20,14-15-13)11(19)24-8/h8-11,19-20H,4H2,1-3H3/t8-,9-,10+,11?,12-/m1/s1. The molecule has 24 heavy (non-hydrogen) atoms. The van der Waals surface area contributed by atoms with Crippen molar-refractivity contribution in [3.63, 3.8) is 0 Å². The summed E-state index contributed by atoms with van der Waals surface area (Å²) in [5, 5.41) is 23.3. The maximum Gasteiger partial charge on any atom is 0.303 e. The first-order valence-electron chi connectivity index (χ1n) is 6.71. The van der Waals surface area contributed by atoms with Crippen molar-refractivity contribution in [3.8, 4) is 0 Å². The highest BCUT2D eigenvalue weighted by Crippen LogP contribution is 2.34. The van der Waals surface area contributed by atoms with Gasteiger partial charge in [-0.05, 0) is 10.6 Å². The average molecular weight is 347 g/mol. The van der Waals surface area contributed by atoms with Gasteiger partial charge in [-0.2, -0.15) is 0 Å². The molecule has 1 rings (SSSR count). The lowest BCUT2D eigenvalue weighted by atomic mass is 9.93. The van der Waals surface area contributed by atoms with E-state index in [1.807, 2.05) is 0 Å². The molecule has 1 unspecified atom stereocenters. The molecule has 0 aromatic rings. The van der Waals surface area contributed by atoms with Gasteiger partial charge in [0.1, 0.15) is 12.7 Å². The molecule has 0 bridgehead atoms. The van der Waals surface area contributed by atoms with Crippen molar-refractivity contribution in [2.24, 2.45) is 5.11 Å². The Morgan fingerprint density at radius 3 is 2.25 bits per heavy atom. The Kier molecular flexibility index (Phi) is 6.49. The predicted octanol–water partition coefficient (Wildman–Crippen LogP) is -0.871. The van der Waals surface area contributed by atoms with Crippen molar-refractivity contribution in [2.45, 2.75) is 51.1 Å². The summed E-state index contributed by atoms with van der Waals surface area (Å²) in [5.74, 6) is -2.44. The number of hydrogen-bond donors (Lipinski definition) is 2. The van der Waals surface area contributed by atoms with Crippen molar-refractivity contribution < 1.29 is 43.5 Å². The third-order valence-electron chi connectivity index (χ3n) is 3.00. The molecule has 0 spiro atoms. The maximum absolute atomic E-state index is 11.3. The highest BCUT2D eigenvalue weighted by atomic mass is 16.7. The zero-order valence-electron chi connectivity index (χ0n) is 13.1. The summed E-state index contributed by atoms with van der Waals surface area (Å²) in [7, 11) is 0. The highest BCUT2D eigenvalue weighted by molar-refractivity contribution is 5.68. The van der Waals surface area contributed by atoms with Gasteiger partial charge in [0, 0.05) is 25.7 Å². The molecule has 5 atom stereocenters. The summed E-state index contributed by atoms with van der Waals surface area (Å²) in [5.41, 5.74) is 5.82. The number of carbonyl (C=O) groups excluding carboxylic acids is 3. The fraction of sp³-hybridized carbons (Fsp3) is 0.750. The first-order valence-corrected chi connectivity index (χ1v) is 6.71. The Morgan fingerprint density at radius 1 is 1.21 bits per heavy atom. The zero-order valence-corrected chi connectivity index (χ0v) is 13.1. The fourth-order valence-corrected chi connectivity index (χ4v) is 2.09. The largest absolute Gasteiger partial charge is 0.463 e. The second-order valence-corrected chi connectivity index (χ2v) is 4.91. The molecule has 0 saturated carbocycles. The Labute approximate surface area is 135 Å². The highest BCUT2D eigenvalue weighted by Gasteiger charge is 2.59. The van der Waals surface area contributed by atoms with E-state index >= 15 is 0 Å². The van der Waals surface area contributed by atoms with Crippen molar-refractivity contribution in [1.82, 2.24) is 0 Å². The number of aliphatic hydroxyl groups excluding tert-OH is 1. The van der Waals surface area contributed by atoms with Crippen molar-refractivity contribution in [3.05, 3.63) is 10.4 Å². The van der Waals surface area contributed by atoms with Gasteiger partial charge in [-0.1, -0.05) is 0 Å². The summed E-state index contributed by atoms with van der Waals surface area (Å²) in [6, 6.07) is 0. The molecule has 0 aromatic heterocycles. The number of azide groups is 1. The monoisotopic (exact) mass is 347 g/mol. The lowest BCUT2D eigenvalue weighted by molar-refractivity contribution is -0.330. The van der Waals surface area contributed by atoms with E-state index < -0.39 is 54.8 Å². The van der Waals surface area contributed by atoms with E-state index in [2.05, 4.69) is 10.0 Å². The molecule has 0 amide bonds. The van der Waals surface area contributed by atoms with E-state index in [9.17, 15) is 24.6 Å². The summed E-state index contributed by atoms with van der Waals surface area (Å²) < 4.78 is 19.6. The molecule has 1 saturated heterocycles. The van der Waals surface area contributed by atoms with Gasteiger partial charge in [-0.25, -0.2) is 0 Å². The average Bonchev–Trinajstić information content (AvgIpc) is 2.45. The number of hydrogen-bond acceptors (Lipinski definition) is 10. The van der Waals surface area contributed by atoms with Crippen LogP contribution in [0, 0.1) is 0 Å². The molecule has 12 heteroatoms. The smallest absolute Gasteiger partial charge is 0.303 e. The Balaban J connectivity index is 3.26. The number of esters is 3. The first-order chi connectivity index (χ1) is 11.1. The molecule has 1 aliphatic rings. The van der Waals surface area contributed by atoms with Crippen LogP contribution < -0.4 is 0 Å². The number of aliphatic hydroxyl groups is 2. The quantitative estimate of drug-likeness (QED) is 0.210. The van der Waals surface area contributed by atoms with E-state index in [1.54, 1.807) is 0 Å². The van der Waals surface area contributed by atoms with Crippen LogP contribution in [0.2, 0.25) is 0 Å². The van der Waals surface area contributed by atoms with E-state index in [0.29, 0.717) is 0 Å². The van der Waals surface area contributed by atoms with Gasteiger partial charge in [-0.3, -0.25) is 14.4 Å². The van der Waals surface area contributed by atoms with Crippen LogP contribution in [0.3, 0.4) is 0 Å². The molecule has 2 N–H and O–H groups in total. The summed E-state index contributed by atoms with van der Waals surface area (Å²) in [6.45, 7) is 2.66. The van der Waals surface area contributed by atoms with Gasteiger partial charge in [0.2, 0.25) is 5.72 Å². The lowest BCUT2D eigenvalue weighted by Crippen LogP contribution is -2.67. The second kappa shape index (κ2) is 7.93. The third-order valence-corrected chi connectivity index (χ3v) is 3.00. The number of carbonyl (C=O) groups is 3. The third kappa shape index (κ3) is 4.55. The molecule has 0 aromatic carbocycles. The van der Waals surface area contributed by atoms with Crippen LogP contribution in [-0.4, -0.2) is 65.1 Å². The Bertz CT molecular complexity index is 562. The molecule has 0 aliphatic carbocycles. The molecular weight excluding hydrogens is 330 g/mol. The van der Waals surface area contributed by atoms with Crippen molar-refractivity contribution >= 4 is 17.9 Å². The van der Waals surface area contributed by atoms with Crippen LogP contribution >= 0.6 is 0 Å². The molecule has 1 fully saturated rings. The lowest BCUT2D eigenvalue weighted by Gasteiger charge is -2.45. The minimum atomic E-state index is -2.76. The zero-order chi connectivity index (χ0) is 18.5. The molecule has 1 heterocycles.